The molecular formula is C24H23N3O. The number of hydrogen-bond acceptors (Lipinski definition) is 2. The summed E-state index contributed by atoms with van der Waals surface area (Å²) in [4.78, 5) is 12.6. The van der Waals surface area contributed by atoms with Gasteiger partial charge in [-0.05, 0) is 61.7 Å². The SMILES string of the molecule is Cc1cccc(-n2cccc2/C=C(/C#N)C(=O)N[C@H](C)c2ccccc2)c1C. The largest absolute Gasteiger partial charge is 0.345 e. The summed E-state index contributed by atoms with van der Waals surface area (Å²) in [6.07, 6.45) is 3.57. The lowest BCUT2D eigenvalue weighted by molar-refractivity contribution is -0.117. The first kappa shape index (κ1) is 19.2. The Bertz CT molecular complexity index is 1050. The van der Waals surface area contributed by atoms with Crippen molar-refractivity contribution in [2.75, 3.05) is 0 Å². The average molecular weight is 369 g/mol. The Hall–Kier alpha value is -3.58. The molecule has 0 aliphatic carbocycles. The molecule has 1 heterocycles. The Kier molecular flexibility index (Phi) is 5.76. The quantitative estimate of drug-likeness (QED) is 0.515. The van der Waals surface area contributed by atoms with E-state index in [9.17, 15) is 10.1 Å². The van der Waals surface area contributed by atoms with Crippen molar-refractivity contribution >= 4 is 12.0 Å². The van der Waals surface area contributed by atoms with E-state index >= 15 is 0 Å². The molecule has 3 rings (SSSR count). The zero-order chi connectivity index (χ0) is 20.1. The number of carbonyl (C=O) groups is 1. The summed E-state index contributed by atoms with van der Waals surface area (Å²) < 4.78 is 1.99. The van der Waals surface area contributed by atoms with Crippen LogP contribution in [-0.4, -0.2) is 10.5 Å². The second-order valence-electron chi connectivity index (χ2n) is 6.80. The Balaban J connectivity index is 1.88. The van der Waals surface area contributed by atoms with Crippen LogP contribution >= 0.6 is 0 Å². The first-order chi connectivity index (χ1) is 13.5. The lowest BCUT2D eigenvalue weighted by atomic mass is 10.1. The zero-order valence-electron chi connectivity index (χ0n) is 16.3. The minimum atomic E-state index is -0.382. The van der Waals surface area contributed by atoms with Gasteiger partial charge in [-0.15, -0.1) is 0 Å². The van der Waals surface area contributed by atoms with Crippen molar-refractivity contribution in [3.8, 4) is 11.8 Å². The van der Waals surface area contributed by atoms with Crippen LogP contribution in [0.1, 0.15) is 35.3 Å². The van der Waals surface area contributed by atoms with E-state index in [2.05, 4.69) is 25.2 Å². The van der Waals surface area contributed by atoms with E-state index in [0.29, 0.717) is 0 Å². The molecule has 3 aromatic rings. The predicted octanol–water partition coefficient (Wildman–Crippen LogP) is 4.88. The van der Waals surface area contributed by atoms with Crippen LogP contribution in [0, 0.1) is 25.2 Å². The fraction of sp³-hybridized carbons (Fsp3) is 0.167. The molecule has 140 valence electrons. The van der Waals surface area contributed by atoms with E-state index in [1.165, 1.54) is 5.56 Å². The molecule has 0 radical (unpaired) electrons. The molecule has 2 aromatic carbocycles. The van der Waals surface area contributed by atoms with Crippen molar-refractivity contribution < 1.29 is 4.79 Å². The molecule has 0 aliphatic heterocycles. The molecule has 4 heteroatoms. The van der Waals surface area contributed by atoms with Gasteiger partial charge < -0.3 is 9.88 Å². The van der Waals surface area contributed by atoms with Gasteiger partial charge in [-0.25, -0.2) is 0 Å². The fourth-order valence-electron chi connectivity index (χ4n) is 3.12. The van der Waals surface area contributed by atoms with E-state index < -0.39 is 0 Å². The van der Waals surface area contributed by atoms with E-state index in [4.69, 9.17) is 0 Å². The minimum absolute atomic E-state index is 0.0769. The van der Waals surface area contributed by atoms with Crippen LogP contribution in [0.2, 0.25) is 0 Å². The van der Waals surface area contributed by atoms with Crippen LogP contribution in [0.25, 0.3) is 11.8 Å². The molecule has 0 aliphatic rings. The number of amides is 1. The third-order valence-corrected chi connectivity index (χ3v) is 4.92. The Morgan fingerprint density at radius 3 is 2.54 bits per heavy atom. The standard InChI is InChI=1S/C24H23N3O/c1-17-9-7-13-23(18(17)2)27-14-8-12-22(27)15-21(16-25)24(28)26-19(3)20-10-5-4-6-11-20/h4-15,19H,1-3H3,(H,26,28)/b21-15-/t19-/m1/s1. The topological polar surface area (TPSA) is 57.8 Å². The molecule has 1 atom stereocenters. The Morgan fingerprint density at radius 1 is 1.07 bits per heavy atom. The van der Waals surface area contributed by atoms with E-state index in [0.717, 1.165) is 22.5 Å². The fourth-order valence-corrected chi connectivity index (χ4v) is 3.12. The summed E-state index contributed by atoms with van der Waals surface area (Å²) in [5.41, 5.74) is 5.24. The van der Waals surface area contributed by atoms with Crippen molar-refractivity contribution in [1.29, 1.82) is 5.26 Å². The van der Waals surface area contributed by atoms with Crippen LogP contribution in [0.15, 0.2) is 72.4 Å². The molecule has 28 heavy (non-hydrogen) atoms. The molecule has 0 unspecified atom stereocenters. The second kappa shape index (κ2) is 8.41. The molecule has 0 saturated carbocycles. The van der Waals surface area contributed by atoms with Crippen molar-refractivity contribution in [2.45, 2.75) is 26.8 Å². The molecular weight excluding hydrogens is 346 g/mol. The minimum Gasteiger partial charge on any atom is -0.345 e. The summed E-state index contributed by atoms with van der Waals surface area (Å²) in [5, 5.41) is 12.5. The highest BCUT2D eigenvalue weighted by molar-refractivity contribution is 6.01. The Morgan fingerprint density at radius 2 is 1.82 bits per heavy atom. The van der Waals surface area contributed by atoms with Crippen molar-refractivity contribution in [2.24, 2.45) is 0 Å². The average Bonchev–Trinajstić information content (AvgIpc) is 3.16. The maximum atomic E-state index is 12.6. The normalized spacial score (nSPS) is 12.3. The van der Waals surface area contributed by atoms with Gasteiger partial charge in [0.05, 0.1) is 6.04 Å². The van der Waals surface area contributed by atoms with Gasteiger partial charge in [0, 0.05) is 17.6 Å². The summed E-state index contributed by atoms with van der Waals surface area (Å²) in [7, 11) is 0. The van der Waals surface area contributed by atoms with Crippen LogP contribution in [0.4, 0.5) is 0 Å². The van der Waals surface area contributed by atoms with Gasteiger partial charge in [-0.2, -0.15) is 5.26 Å². The van der Waals surface area contributed by atoms with Crippen molar-refractivity contribution in [1.82, 2.24) is 9.88 Å². The molecule has 0 spiro atoms. The monoisotopic (exact) mass is 369 g/mol. The van der Waals surface area contributed by atoms with Crippen LogP contribution in [0.3, 0.4) is 0 Å². The van der Waals surface area contributed by atoms with Gasteiger partial charge in [-0.1, -0.05) is 42.5 Å². The lowest BCUT2D eigenvalue weighted by Crippen LogP contribution is -2.27. The lowest BCUT2D eigenvalue weighted by Gasteiger charge is -2.14. The summed E-state index contributed by atoms with van der Waals surface area (Å²) >= 11 is 0. The number of carbonyl (C=O) groups excluding carboxylic acids is 1. The highest BCUT2D eigenvalue weighted by Gasteiger charge is 2.15. The number of benzene rings is 2. The molecule has 0 bridgehead atoms. The van der Waals surface area contributed by atoms with Gasteiger partial charge in [0.25, 0.3) is 5.91 Å². The number of rotatable bonds is 5. The first-order valence-electron chi connectivity index (χ1n) is 9.23. The van der Waals surface area contributed by atoms with Gasteiger partial charge in [-0.3, -0.25) is 4.79 Å². The zero-order valence-corrected chi connectivity index (χ0v) is 16.3. The van der Waals surface area contributed by atoms with Gasteiger partial charge in [0.15, 0.2) is 0 Å². The summed E-state index contributed by atoms with van der Waals surface area (Å²) in [6.45, 7) is 6.04. The maximum absolute atomic E-state index is 12.6. The number of nitrogens with zero attached hydrogens (tertiary/aromatic N) is 2. The molecule has 1 aromatic heterocycles. The Labute approximate surface area is 165 Å². The first-order valence-corrected chi connectivity index (χ1v) is 9.23. The second-order valence-corrected chi connectivity index (χ2v) is 6.80. The number of hydrogen-bond donors (Lipinski definition) is 1. The van der Waals surface area contributed by atoms with Crippen molar-refractivity contribution in [3.63, 3.8) is 0 Å². The highest BCUT2D eigenvalue weighted by atomic mass is 16.1. The number of aryl methyl sites for hydroxylation is 1. The number of nitriles is 1. The van der Waals surface area contributed by atoms with E-state index in [-0.39, 0.29) is 17.5 Å². The molecule has 0 fully saturated rings. The van der Waals surface area contributed by atoms with Gasteiger partial charge in [0.2, 0.25) is 0 Å². The van der Waals surface area contributed by atoms with Crippen molar-refractivity contribution in [3.05, 3.63) is 94.8 Å². The summed E-state index contributed by atoms with van der Waals surface area (Å²) in [6, 6.07) is 21.4. The van der Waals surface area contributed by atoms with Gasteiger partial charge >= 0.3 is 0 Å². The number of nitrogens with one attached hydrogen (secondary N) is 1. The number of aromatic nitrogens is 1. The van der Waals surface area contributed by atoms with Crippen LogP contribution < -0.4 is 5.32 Å². The molecule has 0 saturated heterocycles. The summed E-state index contributed by atoms with van der Waals surface area (Å²) in [5.74, 6) is -0.382. The van der Waals surface area contributed by atoms with Gasteiger partial charge in [0.1, 0.15) is 11.6 Å². The third kappa shape index (κ3) is 4.05. The predicted molar refractivity (Wildman–Crippen MR) is 112 cm³/mol. The maximum Gasteiger partial charge on any atom is 0.262 e. The molecule has 4 nitrogen and oxygen atoms in total. The van der Waals surface area contributed by atoms with E-state index in [1.807, 2.05) is 78.4 Å². The molecule has 1 amide bonds. The van der Waals surface area contributed by atoms with Crippen LogP contribution in [0.5, 0.6) is 0 Å². The highest BCUT2D eigenvalue weighted by Crippen LogP contribution is 2.21. The third-order valence-electron chi connectivity index (χ3n) is 4.92. The molecule has 1 N–H and O–H groups in total. The van der Waals surface area contributed by atoms with Crippen LogP contribution in [-0.2, 0) is 4.79 Å². The smallest absolute Gasteiger partial charge is 0.262 e. The van der Waals surface area contributed by atoms with E-state index in [1.54, 1.807) is 6.08 Å².